The molecule has 0 spiro atoms. The SMILES string of the molecule is Cc1ccc(S(=O)(=O)NC2CN(C(=N)N)C2)cc1. The second kappa shape index (κ2) is 4.58. The number of likely N-dealkylation sites (tertiary alicyclic amines) is 1. The molecular weight excluding hydrogens is 252 g/mol. The van der Waals surface area contributed by atoms with Gasteiger partial charge in [0.15, 0.2) is 5.96 Å². The van der Waals surface area contributed by atoms with Gasteiger partial charge in [0, 0.05) is 13.1 Å². The standard InChI is InChI=1S/C11H16N4O2S/c1-8-2-4-10(5-3-8)18(16,17)14-9-6-15(7-9)11(12)13/h2-5,9,14H,6-7H2,1H3,(H3,12,13). The van der Waals surface area contributed by atoms with Gasteiger partial charge in [-0.1, -0.05) is 17.7 Å². The van der Waals surface area contributed by atoms with Gasteiger partial charge in [0.25, 0.3) is 0 Å². The van der Waals surface area contributed by atoms with Crippen LogP contribution in [0.15, 0.2) is 29.2 Å². The molecule has 0 amide bonds. The number of sulfonamides is 1. The van der Waals surface area contributed by atoms with Gasteiger partial charge in [-0.3, -0.25) is 5.41 Å². The van der Waals surface area contributed by atoms with E-state index in [0.717, 1.165) is 5.56 Å². The number of hydrogen-bond acceptors (Lipinski definition) is 3. The fourth-order valence-electron chi connectivity index (χ4n) is 1.75. The van der Waals surface area contributed by atoms with E-state index in [0.29, 0.717) is 13.1 Å². The molecule has 1 aliphatic heterocycles. The molecule has 0 aliphatic carbocycles. The zero-order valence-electron chi connectivity index (χ0n) is 10.1. The van der Waals surface area contributed by atoms with Gasteiger partial charge >= 0.3 is 0 Å². The van der Waals surface area contributed by atoms with Crippen molar-refractivity contribution in [3.8, 4) is 0 Å². The van der Waals surface area contributed by atoms with Gasteiger partial charge < -0.3 is 10.6 Å². The zero-order valence-corrected chi connectivity index (χ0v) is 10.9. The van der Waals surface area contributed by atoms with E-state index in [9.17, 15) is 8.42 Å². The summed E-state index contributed by atoms with van der Waals surface area (Å²) in [5, 5.41) is 7.19. The molecule has 1 aliphatic rings. The lowest BCUT2D eigenvalue weighted by Gasteiger charge is -2.39. The van der Waals surface area contributed by atoms with E-state index in [1.165, 1.54) is 0 Å². The lowest BCUT2D eigenvalue weighted by atomic mass is 10.1. The van der Waals surface area contributed by atoms with Crippen LogP contribution in [0, 0.1) is 12.3 Å². The normalized spacial score (nSPS) is 16.4. The second-order valence-electron chi connectivity index (χ2n) is 4.42. The first-order valence-corrected chi connectivity index (χ1v) is 7.05. The molecule has 18 heavy (non-hydrogen) atoms. The number of hydrogen-bond donors (Lipinski definition) is 3. The molecule has 1 fully saturated rings. The highest BCUT2D eigenvalue weighted by molar-refractivity contribution is 7.89. The molecule has 0 saturated carbocycles. The maximum Gasteiger partial charge on any atom is 0.240 e. The van der Waals surface area contributed by atoms with Crippen LogP contribution in [0.2, 0.25) is 0 Å². The van der Waals surface area contributed by atoms with E-state index in [1.54, 1.807) is 29.2 Å². The van der Waals surface area contributed by atoms with E-state index < -0.39 is 10.0 Å². The number of rotatable bonds is 3. The minimum absolute atomic E-state index is 0.0271. The quantitative estimate of drug-likeness (QED) is 0.524. The number of aryl methyl sites for hydroxylation is 1. The number of nitrogens with one attached hydrogen (secondary N) is 2. The molecule has 0 bridgehead atoms. The van der Waals surface area contributed by atoms with Gasteiger partial charge in [-0.2, -0.15) is 0 Å². The lowest BCUT2D eigenvalue weighted by molar-refractivity contribution is 0.234. The Kier molecular flexibility index (Phi) is 3.27. The Morgan fingerprint density at radius 2 is 1.94 bits per heavy atom. The molecule has 7 heteroatoms. The van der Waals surface area contributed by atoms with E-state index in [1.807, 2.05) is 6.92 Å². The molecule has 4 N–H and O–H groups in total. The van der Waals surface area contributed by atoms with Gasteiger partial charge in [-0.15, -0.1) is 0 Å². The van der Waals surface area contributed by atoms with Crippen LogP contribution in [-0.4, -0.2) is 38.4 Å². The summed E-state index contributed by atoms with van der Waals surface area (Å²) in [6.45, 7) is 2.79. The van der Waals surface area contributed by atoms with Crippen molar-refractivity contribution in [3.63, 3.8) is 0 Å². The molecule has 2 rings (SSSR count). The van der Waals surface area contributed by atoms with Crippen molar-refractivity contribution in [2.45, 2.75) is 17.9 Å². The van der Waals surface area contributed by atoms with Crippen LogP contribution in [0.5, 0.6) is 0 Å². The van der Waals surface area contributed by atoms with Crippen molar-refractivity contribution in [1.82, 2.24) is 9.62 Å². The van der Waals surface area contributed by atoms with Crippen molar-refractivity contribution in [1.29, 1.82) is 5.41 Å². The average molecular weight is 268 g/mol. The minimum Gasteiger partial charge on any atom is -0.370 e. The molecule has 1 aromatic carbocycles. The van der Waals surface area contributed by atoms with Crippen molar-refractivity contribution in [3.05, 3.63) is 29.8 Å². The smallest absolute Gasteiger partial charge is 0.240 e. The van der Waals surface area contributed by atoms with Crippen LogP contribution in [0.1, 0.15) is 5.56 Å². The van der Waals surface area contributed by atoms with E-state index in [-0.39, 0.29) is 16.9 Å². The number of nitrogens with two attached hydrogens (primary N) is 1. The van der Waals surface area contributed by atoms with Gasteiger partial charge in [0.2, 0.25) is 10.0 Å². The third-order valence-electron chi connectivity index (χ3n) is 2.88. The zero-order chi connectivity index (χ0) is 13.3. The predicted octanol–water partition coefficient (Wildman–Crippen LogP) is -0.149. The first kappa shape index (κ1) is 12.8. The van der Waals surface area contributed by atoms with Crippen LogP contribution in [0.3, 0.4) is 0 Å². The van der Waals surface area contributed by atoms with Crippen molar-refractivity contribution in [2.24, 2.45) is 5.73 Å². The van der Waals surface area contributed by atoms with Crippen molar-refractivity contribution >= 4 is 16.0 Å². The van der Waals surface area contributed by atoms with Crippen LogP contribution < -0.4 is 10.5 Å². The fraction of sp³-hybridized carbons (Fsp3) is 0.364. The number of guanidine groups is 1. The molecule has 98 valence electrons. The van der Waals surface area contributed by atoms with Crippen LogP contribution in [0.4, 0.5) is 0 Å². The van der Waals surface area contributed by atoms with E-state index in [2.05, 4.69) is 4.72 Å². The highest BCUT2D eigenvalue weighted by Crippen LogP contribution is 2.14. The Morgan fingerprint density at radius 1 is 1.39 bits per heavy atom. The van der Waals surface area contributed by atoms with Crippen LogP contribution in [-0.2, 0) is 10.0 Å². The summed E-state index contributed by atoms with van der Waals surface area (Å²) in [5.74, 6) is -0.0271. The number of benzene rings is 1. The Balaban J connectivity index is 2.01. The molecule has 1 aromatic rings. The Labute approximate surface area is 106 Å². The average Bonchev–Trinajstić information content (AvgIpc) is 2.23. The molecule has 0 aromatic heterocycles. The fourth-order valence-corrected chi connectivity index (χ4v) is 2.97. The summed E-state index contributed by atoms with van der Waals surface area (Å²) in [7, 11) is -3.47. The molecule has 0 unspecified atom stereocenters. The van der Waals surface area contributed by atoms with Gasteiger partial charge in [-0.05, 0) is 19.1 Å². The van der Waals surface area contributed by atoms with Gasteiger partial charge in [-0.25, -0.2) is 13.1 Å². The molecule has 6 nitrogen and oxygen atoms in total. The topological polar surface area (TPSA) is 99.3 Å². The predicted molar refractivity (Wildman–Crippen MR) is 68.8 cm³/mol. The van der Waals surface area contributed by atoms with Gasteiger partial charge in [0.05, 0.1) is 10.9 Å². The highest BCUT2D eigenvalue weighted by Gasteiger charge is 2.31. The maximum absolute atomic E-state index is 12.0. The van der Waals surface area contributed by atoms with Crippen molar-refractivity contribution < 1.29 is 8.42 Å². The summed E-state index contributed by atoms with van der Waals surface area (Å²) in [5.41, 5.74) is 6.30. The minimum atomic E-state index is -3.47. The summed E-state index contributed by atoms with van der Waals surface area (Å²) in [6.07, 6.45) is 0. The lowest BCUT2D eigenvalue weighted by Crippen LogP contribution is -2.62. The first-order valence-electron chi connectivity index (χ1n) is 5.56. The van der Waals surface area contributed by atoms with Crippen molar-refractivity contribution in [2.75, 3.05) is 13.1 Å². The second-order valence-corrected chi connectivity index (χ2v) is 6.14. The maximum atomic E-state index is 12.0. The summed E-state index contributed by atoms with van der Waals surface area (Å²) < 4.78 is 26.6. The third kappa shape index (κ3) is 2.62. The first-order chi connectivity index (χ1) is 8.38. The van der Waals surface area contributed by atoms with Crippen LogP contribution >= 0.6 is 0 Å². The Bertz CT molecular complexity index is 547. The highest BCUT2D eigenvalue weighted by atomic mass is 32.2. The summed E-state index contributed by atoms with van der Waals surface area (Å²) in [6, 6.07) is 6.51. The molecule has 0 radical (unpaired) electrons. The summed E-state index contributed by atoms with van der Waals surface area (Å²) in [4.78, 5) is 1.86. The summed E-state index contributed by atoms with van der Waals surface area (Å²) >= 11 is 0. The molecule has 1 heterocycles. The Hall–Kier alpha value is -1.60. The molecule has 0 atom stereocenters. The monoisotopic (exact) mass is 268 g/mol. The largest absolute Gasteiger partial charge is 0.370 e. The third-order valence-corrected chi connectivity index (χ3v) is 4.41. The Morgan fingerprint density at radius 3 is 2.44 bits per heavy atom. The van der Waals surface area contributed by atoms with Crippen LogP contribution in [0.25, 0.3) is 0 Å². The van der Waals surface area contributed by atoms with E-state index in [4.69, 9.17) is 11.1 Å². The molecule has 1 saturated heterocycles. The molecular formula is C11H16N4O2S. The van der Waals surface area contributed by atoms with E-state index >= 15 is 0 Å². The van der Waals surface area contributed by atoms with Gasteiger partial charge in [0.1, 0.15) is 0 Å². The number of nitrogens with zero attached hydrogens (tertiary/aromatic N) is 1.